The van der Waals surface area contributed by atoms with Crippen LogP contribution in [0.1, 0.15) is 25.7 Å². The molecule has 1 aromatic rings. The quantitative estimate of drug-likeness (QED) is 0.555. The van der Waals surface area contributed by atoms with E-state index < -0.39 is 10.0 Å². The van der Waals surface area contributed by atoms with Crippen LogP contribution in [0.5, 0.6) is 0 Å². The largest absolute Gasteiger partial charge is 0.323 e. The van der Waals surface area contributed by atoms with Crippen molar-refractivity contribution >= 4 is 27.6 Å². The van der Waals surface area contributed by atoms with E-state index in [2.05, 4.69) is 18.0 Å². The van der Waals surface area contributed by atoms with Crippen LogP contribution in [0.2, 0.25) is 0 Å². The third kappa shape index (κ3) is 4.73. The number of piperidine rings is 1. The molecule has 4 rings (SSSR count). The Balaban J connectivity index is 1.34. The molecule has 0 bridgehead atoms. The van der Waals surface area contributed by atoms with Gasteiger partial charge in [0, 0.05) is 45.0 Å². The van der Waals surface area contributed by atoms with Crippen LogP contribution in [0.15, 0.2) is 53.5 Å². The van der Waals surface area contributed by atoms with Gasteiger partial charge in [-0.25, -0.2) is 13.2 Å². The SMILES string of the molecule is C=CC(=O)Nc1ccc(S(=O)(=O)N2CCN(C(=O)N3CCC4CCCC=C4C3)CC2)cc1. The van der Waals surface area contributed by atoms with Gasteiger partial charge in [-0.1, -0.05) is 18.2 Å². The molecule has 2 saturated heterocycles. The maximum absolute atomic E-state index is 13.0. The third-order valence-electron chi connectivity index (χ3n) is 6.53. The van der Waals surface area contributed by atoms with Gasteiger partial charge in [-0.2, -0.15) is 4.31 Å². The number of allylic oxidation sites excluding steroid dienone is 1. The van der Waals surface area contributed by atoms with Crippen molar-refractivity contribution in [3.63, 3.8) is 0 Å². The Bertz CT molecular complexity index is 1010. The molecule has 3 amide bonds. The number of fused-ring (bicyclic) bond motifs is 1. The van der Waals surface area contributed by atoms with Gasteiger partial charge in [0.15, 0.2) is 0 Å². The molecule has 172 valence electrons. The molecule has 32 heavy (non-hydrogen) atoms. The van der Waals surface area contributed by atoms with Crippen LogP contribution in [0, 0.1) is 5.92 Å². The molecule has 8 nitrogen and oxygen atoms in total. The van der Waals surface area contributed by atoms with E-state index in [9.17, 15) is 18.0 Å². The highest BCUT2D eigenvalue weighted by atomic mass is 32.2. The lowest BCUT2D eigenvalue weighted by Gasteiger charge is -2.41. The molecule has 9 heteroatoms. The minimum absolute atomic E-state index is 0.00860. The lowest BCUT2D eigenvalue weighted by Crippen LogP contribution is -2.55. The van der Waals surface area contributed by atoms with Gasteiger partial charge in [-0.05, 0) is 61.9 Å². The topological polar surface area (TPSA) is 90.0 Å². The van der Waals surface area contributed by atoms with Crippen molar-refractivity contribution in [1.82, 2.24) is 14.1 Å². The van der Waals surface area contributed by atoms with E-state index in [0.29, 0.717) is 31.2 Å². The average molecular weight is 459 g/mol. The number of urea groups is 1. The predicted octanol–water partition coefficient (Wildman–Crippen LogP) is 2.67. The summed E-state index contributed by atoms with van der Waals surface area (Å²) < 4.78 is 27.4. The van der Waals surface area contributed by atoms with Crippen LogP contribution >= 0.6 is 0 Å². The summed E-state index contributed by atoms with van der Waals surface area (Å²) in [6, 6.07) is 6.07. The molecule has 2 aliphatic heterocycles. The minimum atomic E-state index is -3.66. The van der Waals surface area contributed by atoms with Crippen molar-refractivity contribution in [2.75, 3.05) is 44.6 Å². The Morgan fingerprint density at radius 3 is 2.41 bits per heavy atom. The number of carbonyl (C=O) groups excluding carboxylic acids is 2. The molecule has 3 aliphatic rings. The highest BCUT2D eigenvalue weighted by molar-refractivity contribution is 7.89. The van der Waals surface area contributed by atoms with Crippen LogP contribution in [0.25, 0.3) is 0 Å². The van der Waals surface area contributed by atoms with Crippen molar-refractivity contribution in [3.05, 3.63) is 48.6 Å². The average Bonchev–Trinajstić information content (AvgIpc) is 2.83. The molecule has 0 radical (unpaired) electrons. The molecule has 0 saturated carbocycles. The minimum Gasteiger partial charge on any atom is -0.323 e. The van der Waals surface area contributed by atoms with Crippen molar-refractivity contribution in [2.45, 2.75) is 30.6 Å². The van der Waals surface area contributed by atoms with Crippen LogP contribution in [-0.2, 0) is 14.8 Å². The molecule has 1 atom stereocenters. The zero-order valence-electron chi connectivity index (χ0n) is 18.2. The van der Waals surface area contributed by atoms with Gasteiger partial charge in [0.05, 0.1) is 4.90 Å². The summed E-state index contributed by atoms with van der Waals surface area (Å²) in [6.45, 7) is 6.16. The summed E-state index contributed by atoms with van der Waals surface area (Å²) in [5, 5.41) is 2.60. The number of hydrogen-bond acceptors (Lipinski definition) is 4. The summed E-state index contributed by atoms with van der Waals surface area (Å²) in [7, 11) is -3.66. The zero-order chi connectivity index (χ0) is 22.7. The monoisotopic (exact) mass is 458 g/mol. The first-order valence-electron chi connectivity index (χ1n) is 11.1. The van der Waals surface area contributed by atoms with E-state index in [1.807, 2.05) is 4.90 Å². The second-order valence-electron chi connectivity index (χ2n) is 8.51. The highest BCUT2D eigenvalue weighted by Crippen LogP contribution is 2.32. The first-order chi connectivity index (χ1) is 15.4. The van der Waals surface area contributed by atoms with Gasteiger partial charge in [0.2, 0.25) is 15.9 Å². The number of likely N-dealkylation sites (tertiary alicyclic amines) is 1. The van der Waals surface area contributed by atoms with Crippen molar-refractivity contribution in [2.24, 2.45) is 5.92 Å². The van der Waals surface area contributed by atoms with E-state index >= 15 is 0 Å². The Hall–Kier alpha value is -2.65. The summed E-state index contributed by atoms with van der Waals surface area (Å²) in [5.41, 5.74) is 1.89. The van der Waals surface area contributed by atoms with Crippen molar-refractivity contribution < 1.29 is 18.0 Å². The van der Waals surface area contributed by atoms with E-state index in [1.165, 1.54) is 34.9 Å². The van der Waals surface area contributed by atoms with Crippen LogP contribution in [0.3, 0.4) is 0 Å². The Kier molecular flexibility index (Phi) is 6.66. The first kappa shape index (κ1) is 22.5. The second kappa shape index (κ2) is 9.46. The van der Waals surface area contributed by atoms with E-state index in [0.717, 1.165) is 25.5 Å². The van der Waals surface area contributed by atoms with Gasteiger partial charge < -0.3 is 15.1 Å². The number of nitrogens with one attached hydrogen (secondary N) is 1. The fourth-order valence-corrected chi connectivity index (χ4v) is 6.10. The number of piperazine rings is 1. The van der Waals surface area contributed by atoms with Crippen molar-refractivity contribution in [1.29, 1.82) is 0 Å². The summed E-state index contributed by atoms with van der Waals surface area (Å²) in [4.78, 5) is 28.3. The number of amides is 3. The Morgan fingerprint density at radius 1 is 1.00 bits per heavy atom. The summed E-state index contributed by atoms with van der Waals surface area (Å²) in [5.74, 6) is 0.275. The maximum atomic E-state index is 13.0. The van der Waals surface area contributed by atoms with Gasteiger partial charge >= 0.3 is 6.03 Å². The van der Waals surface area contributed by atoms with Gasteiger partial charge in [0.25, 0.3) is 0 Å². The standard InChI is InChI=1S/C23H30N4O4S/c1-2-22(28)24-20-7-9-21(10-8-20)32(30,31)27-15-13-25(14-16-27)23(29)26-12-11-18-5-3-4-6-19(18)17-26/h2,6-10,18H,1,3-5,11-17H2,(H,24,28). The molecule has 1 unspecified atom stereocenters. The van der Waals surface area contributed by atoms with Gasteiger partial charge in [-0.3, -0.25) is 4.79 Å². The molecule has 1 aromatic carbocycles. The van der Waals surface area contributed by atoms with Crippen LogP contribution in [-0.4, -0.2) is 73.7 Å². The summed E-state index contributed by atoms with van der Waals surface area (Å²) in [6.07, 6.45) is 8.05. The van der Waals surface area contributed by atoms with Crippen LogP contribution < -0.4 is 5.32 Å². The van der Waals surface area contributed by atoms with Gasteiger partial charge in [0.1, 0.15) is 0 Å². The number of sulfonamides is 1. The van der Waals surface area contributed by atoms with E-state index in [-0.39, 0.29) is 29.9 Å². The number of benzene rings is 1. The van der Waals surface area contributed by atoms with Crippen LogP contribution in [0.4, 0.5) is 10.5 Å². The Labute approximate surface area is 189 Å². The second-order valence-corrected chi connectivity index (χ2v) is 10.4. The smallest absolute Gasteiger partial charge is 0.320 e. The lowest BCUT2D eigenvalue weighted by atomic mass is 9.82. The molecule has 1 aliphatic carbocycles. The zero-order valence-corrected chi connectivity index (χ0v) is 19.0. The molecule has 1 N–H and O–H groups in total. The molecule has 0 spiro atoms. The number of anilines is 1. The number of hydrogen-bond donors (Lipinski definition) is 1. The normalized spacial score (nSPS) is 22.0. The first-order valence-corrected chi connectivity index (χ1v) is 12.6. The number of nitrogens with zero attached hydrogens (tertiary/aromatic N) is 3. The number of rotatable bonds is 4. The highest BCUT2D eigenvalue weighted by Gasteiger charge is 2.34. The van der Waals surface area contributed by atoms with E-state index in [1.54, 1.807) is 17.0 Å². The molecule has 2 fully saturated rings. The lowest BCUT2D eigenvalue weighted by molar-refractivity contribution is -0.111. The molecular formula is C23H30N4O4S. The molecular weight excluding hydrogens is 428 g/mol. The van der Waals surface area contributed by atoms with E-state index in [4.69, 9.17) is 0 Å². The molecule has 2 heterocycles. The fourth-order valence-electron chi connectivity index (χ4n) is 4.67. The number of carbonyl (C=O) groups is 2. The maximum Gasteiger partial charge on any atom is 0.320 e. The van der Waals surface area contributed by atoms with Gasteiger partial charge in [-0.15, -0.1) is 0 Å². The fraction of sp³-hybridized carbons (Fsp3) is 0.478. The Morgan fingerprint density at radius 2 is 1.72 bits per heavy atom. The summed E-state index contributed by atoms with van der Waals surface area (Å²) >= 11 is 0. The molecule has 0 aromatic heterocycles. The third-order valence-corrected chi connectivity index (χ3v) is 8.45. The predicted molar refractivity (Wildman–Crippen MR) is 123 cm³/mol. The van der Waals surface area contributed by atoms with Crippen molar-refractivity contribution in [3.8, 4) is 0 Å².